The van der Waals surface area contributed by atoms with E-state index in [0.29, 0.717) is 34.0 Å². The van der Waals surface area contributed by atoms with Crippen LogP contribution >= 0.6 is 23.8 Å². The zero-order chi connectivity index (χ0) is 29.7. The predicted molar refractivity (Wildman–Crippen MR) is 194 cm³/mol. The molecule has 3 rings (SSSR count). The summed E-state index contributed by atoms with van der Waals surface area (Å²) in [5.41, 5.74) is 4.16. The van der Waals surface area contributed by atoms with Gasteiger partial charge in [-0.2, -0.15) is 0 Å². The summed E-state index contributed by atoms with van der Waals surface area (Å²) in [4.78, 5) is 0. The minimum atomic E-state index is -1.77. The predicted octanol–water partition coefficient (Wildman–Crippen LogP) is 7.97. The van der Waals surface area contributed by atoms with E-state index in [1.807, 2.05) is 0 Å². The van der Waals surface area contributed by atoms with Crippen LogP contribution in [0.2, 0.25) is 0 Å². The summed E-state index contributed by atoms with van der Waals surface area (Å²) >= 11 is -1.77. The molecule has 0 saturated heterocycles. The van der Waals surface area contributed by atoms with Crippen molar-refractivity contribution in [1.82, 2.24) is 0 Å². The van der Waals surface area contributed by atoms with E-state index in [0.717, 1.165) is 0 Å². The number of hydrogen-bond donors (Lipinski definition) is 0. The monoisotopic (exact) mass is 654 g/mol. The molecule has 0 atom stereocenters. The molecule has 218 valence electrons. The quantitative estimate of drug-likeness (QED) is 0.137. The van der Waals surface area contributed by atoms with Gasteiger partial charge in [-0.05, 0) is 0 Å². The normalized spacial score (nSPS) is 12.8. The van der Waals surface area contributed by atoms with Crippen molar-refractivity contribution in [2.75, 3.05) is 0 Å². The Morgan fingerprint density at radius 1 is 0.375 bits per heavy atom. The summed E-state index contributed by atoms with van der Waals surface area (Å²) in [6.07, 6.45) is 0. The van der Waals surface area contributed by atoms with E-state index < -0.39 is 14.7 Å². The van der Waals surface area contributed by atoms with Crippen LogP contribution in [0.4, 0.5) is 0 Å². The van der Waals surface area contributed by atoms with Crippen molar-refractivity contribution in [2.24, 2.45) is 0 Å². The molecule has 0 unspecified atom stereocenters. The van der Waals surface area contributed by atoms with Crippen LogP contribution in [0, 0.1) is 0 Å². The molecule has 3 aromatic rings. The zero-order valence-corrected chi connectivity index (χ0v) is 31.7. The van der Waals surface area contributed by atoms with Crippen molar-refractivity contribution >= 4 is 67.4 Å². The maximum absolute atomic E-state index is 2.63. The van der Waals surface area contributed by atoms with E-state index in [1.54, 1.807) is 29.0 Å². The molecular weight excluding hydrogens is 600 g/mol. The minimum absolute atomic E-state index is 0.190. The Labute approximate surface area is 256 Å². The third-order valence-corrected chi connectivity index (χ3v) is 21.8. The molecule has 0 radical (unpaired) electrons. The summed E-state index contributed by atoms with van der Waals surface area (Å²) in [6.45, 7) is 29.0. The zero-order valence-electron chi connectivity index (χ0n) is 27.2. The number of hydrogen-bond acceptors (Lipinski definition) is 0. The molecule has 4 heteroatoms. The van der Waals surface area contributed by atoms with Crippen LogP contribution in [0.25, 0.3) is 0 Å². The molecule has 0 heterocycles. The average molecular weight is 655 g/mol. The molecule has 0 N–H and O–H groups in total. The van der Waals surface area contributed by atoms with Gasteiger partial charge in [-0.15, -0.1) is 0 Å². The third-order valence-electron chi connectivity index (χ3n) is 7.50. The van der Waals surface area contributed by atoms with Crippen LogP contribution in [0.5, 0.6) is 0 Å². The van der Waals surface area contributed by atoms with Gasteiger partial charge in [-0.1, -0.05) is 0 Å². The molecule has 0 nitrogen and oxygen atoms in total. The van der Waals surface area contributed by atoms with Crippen molar-refractivity contribution in [3.63, 3.8) is 0 Å². The summed E-state index contributed by atoms with van der Waals surface area (Å²) in [7, 11) is -0.571. The number of rotatable bonds is 12. The fourth-order valence-electron chi connectivity index (χ4n) is 6.40. The Morgan fingerprint density at radius 2 is 0.600 bits per heavy atom. The SMILES string of the molecule is CC(C)P(c1cccc([As](c2cccc(P(C(C)C)C(C)C)c2)c2cccc(P(C(C)C)C(C)C)c2)c1)C(C)C. The summed E-state index contributed by atoms with van der Waals surface area (Å²) in [5.74, 6) is 0. The van der Waals surface area contributed by atoms with Crippen molar-refractivity contribution in [2.45, 2.75) is 117 Å². The molecule has 40 heavy (non-hydrogen) atoms. The Hall–Kier alpha value is -0.492. The first-order valence-corrected chi connectivity index (χ1v) is 22.5. The van der Waals surface area contributed by atoms with Gasteiger partial charge >= 0.3 is 257 Å². The van der Waals surface area contributed by atoms with Crippen LogP contribution in [0.1, 0.15) is 83.1 Å². The van der Waals surface area contributed by atoms with Gasteiger partial charge in [0.05, 0.1) is 0 Å². The molecular formula is C36H54AsP3. The Balaban J connectivity index is 2.26. The molecule has 0 aliphatic carbocycles. The van der Waals surface area contributed by atoms with Crippen molar-refractivity contribution in [3.8, 4) is 0 Å². The second kappa shape index (κ2) is 15.3. The average Bonchev–Trinajstić information content (AvgIpc) is 2.84. The molecule has 0 fully saturated rings. The molecule has 0 bridgehead atoms. The standard InChI is InChI=1S/C36H54AsP3/c1-25(2)38(26(3)4)34-19-13-16-31(22-34)37(32-17-14-20-35(23-32)39(27(5)6)28(7)8)33-18-15-21-36(24-33)40(29(9)10)30(11)12/h13-30H,1-12H3. The molecule has 0 saturated carbocycles. The van der Waals surface area contributed by atoms with Gasteiger partial charge in [-0.3, -0.25) is 0 Å². The van der Waals surface area contributed by atoms with E-state index in [9.17, 15) is 0 Å². The van der Waals surface area contributed by atoms with Crippen LogP contribution in [-0.2, 0) is 0 Å². The molecule has 0 aliphatic heterocycles. The Kier molecular flexibility index (Phi) is 13.0. The first kappa shape index (κ1) is 34.0. The molecule has 3 aromatic carbocycles. The van der Waals surface area contributed by atoms with Gasteiger partial charge in [0.15, 0.2) is 0 Å². The van der Waals surface area contributed by atoms with Crippen LogP contribution in [0.15, 0.2) is 72.8 Å². The van der Waals surface area contributed by atoms with Crippen molar-refractivity contribution in [1.29, 1.82) is 0 Å². The van der Waals surface area contributed by atoms with Gasteiger partial charge in [-0.25, -0.2) is 0 Å². The van der Waals surface area contributed by atoms with Gasteiger partial charge in [0, 0.05) is 0 Å². The Morgan fingerprint density at radius 3 is 0.800 bits per heavy atom. The molecule has 0 aromatic heterocycles. The van der Waals surface area contributed by atoms with Gasteiger partial charge < -0.3 is 0 Å². The topological polar surface area (TPSA) is 0 Å². The maximum atomic E-state index is 2.63. The van der Waals surface area contributed by atoms with E-state index in [-0.39, 0.29) is 23.8 Å². The Bertz CT molecular complexity index is 1040. The van der Waals surface area contributed by atoms with E-state index in [2.05, 4.69) is 156 Å². The fraction of sp³-hybridized carbons (Fsp3) is 0.500. The van der Waals surface area contributed by atoms with Gasteiger partial charge in [0.25, 0.3) is 0 Å². The summed E-state index contributed by atoms with van der Waals surface area (Å²) < 4.78 is 4.76. The molecule has 0 spiro atoms. The number of benzene rings is 3. The van der Waals surface area contributed by atoms with E-state index >= 15 is 0 Å². The summed E-state index contributed by atoms with van der Waals surface area (Å²) in [6, 6.07) is 29.6. The van der Waals surface area contributed by atoms with Crippen molar-refractivity contribution in [3.05, 3.63) is 72.8 Å². The van der Waals surface area contributed by atoms with Crippen molar-refractivity contribution < 1.29 is 0 Å². The van der Waals surface area contributed by atoms with Gasteiger partial charge in [0.2, 0.25) is 0 Å². The van der Waals surface area contributed by atoms with Crippen LogP contribution < -0.4 is 29.0 Å². The second-order valence-electron chi connectivity index (χ2n) is 12.7. The van der Waals surface area contributed by atoms with E-state index in [4.69, 9.17) is 0 Å². The van der Waals surface area contributed by atoms with Crippen LogP contribution in [0.3, 0.4) is 0 Å². The third kappa shape index (κ3) is 8.32. The summed E-state index contributed by atoms with van der Waals surface area (Å²) in [5, 5.41) is 4.76. The first-order valence-electron chi connectivity index (χ1n) is 15.3. The molecule has 0 amide bonds. The molecule has 0 aliphatic rings. The second-order valence-corrected chi connectivity index (χ2v) is 27.5. The van der Waals surface area contributed by atoms with Gasteiger partial charge in [0.1, 0.15) is 0 Å². The van der Waals surface area contributed by atoms with E-state index in [1.165, 1.54) is 0 Å². The van der Waals surface area contributed by atoms with Crippen LogP contribution in [-0.4, -0.2) is 48.6 Å². The first-order chi connectivity index (χ1) is 18.8. The fourth-order valence-corrected chi connectivity index (χ4v) is 20.9.